The fourth-order valence-corrected chi connectivity index (χ4v) is 5.25. The molecule has 2 aliphatic rings. The van der Waals surface area contributed by atoms with E-state index in [9.17, 15) is 5.11 Å². The van der Waals surface area contributed by atoms with Gasteiger partial charge in [-0.3, -0.25) is 9.80 Å². The summed E-state index contributed by atoms with van der Waals surface area (Å²) in [5.74, 6) is 0.398. The smallest absolute Gasteiger partial charge is 0.0446 e. The highest BCUT2D eigenvalue weighted by Gasteiger charge is 2.33. The van der Waals surface area contributed by atoms with Crippen LogP contribution in [0.2, 0.25) is 0 Å². The van der Waals surface area contributed by atoms with Crippen molar-refractivity contribution in [1.82, 2.24) is 9.80 Å². The van der Waals surface area contributed by atoms with E-state index in [1.165, 1.54) is 36.8 Å². The molecule has 4 rings (SSSR count). The highest BCUT2D eigenvalue weighted by molar-refractivity contribution is 5.32. The van der Waals surface area contributed by atoms with Crippen molar-refractivity contribution in [3.05, 3.63) is 71.8 Å². The second-order valence-corrected chi connectivity index (χ2v) is 8.48. The maximum Gasteiger partial charge on any atom is 0.0446 e. The quantitative estimate of drug-likeness (QED) is 0.785. The van der Waals surface area contributed by atoms with E-state index in [0.717, 1.165) is 38.6 Å². The lowest BCUT2D eigenvalue weighted by Crippen LogP contribution is -2.56. The van der Waals surface area contributed by atoms with Crippen molar-refractivity contribution in [2.75, 3.05) is 32.8 Å². The Labute approximate surface area is 170 Å². The van der Waals surface area contributed by atoms with E-state index in [1.54, 1.807) is 0 Å². The molecule has 0 aromatic heterocycles. The van der Waals surface area contributed by atoms with E-state index in [1.807, 2.05) is 0 Å². The summed E-state index contributed by atoms with van der Waals surface area (Å²) in [6, 6.07) is 23.1. The van der Waals surface area contributed by atoms with Gasteiger partial charge in [-0.05, 0) is 30.4 Å². The normalized spacial score (nSPS) is 22.1. The molecule has 1 N–H and O–H groups in total. The van der Waals surface area contributed by atoms with Crippen molar-refractivity contribution in [3.8, 4) is 0 Å². The average Bonchev–Trinajstić information content (AvgIpc) is 3.28. The highest BCUT2D eigenvalue weighted by atomic mass is 16.3. The van der Waals surface area contributed by atoms with Crippen LogP contribution in [0.4, 0.5) is 0 Å². The molecule has 1 heterocycles. The zero-order valence-corrected chi connectivity index (χ0v) is 16.9. The number of aliphatic hydroxyl groups is 1. The Balaban J connectivity index is 1.49. The molecule has 0 amide bonds. The summed E-state index contributed by atoms with van der Waals surface area (Å²) in [5, 5.41) is 9.66. The highest BCUT2D eigenvalue weighted by Crippen LogP contribution is 2.30. The number of nitrogens with zero attached hydrogens (tertiary/aromatic N) is 2. The van der Waals surface area contributed by atoms with Gasteiger partial charge < -0.3 is 5.11 Å². The first kappa shape index (κ1) is 19.6. The summed E-state index contributed by atoms with van der Waals surface area (Å²) in [6.45, 7) is 4.70. The minimum Gasteiger partial charge on any atom is -0.396 e. The monoisotopic (exact) mass is 378 g/mol. The molecule has 1 saturated heterocycles. The summed E-state index contributed by atoms with van der Waals surface area (Å²) < 4.78 is 0. The lowest BCUT2D eigenvalue weighted by atomic mass is 9.90. The molecule has 1 aliphatic heterocycles. The Morgan fingerprint density at radius 2 is 1.46 bits per heavy atom. The zero-order chi connectivity index (χ0) is 19.2. The van der Waals surface area contributed by atoms with Crippen LogP contribution in [0.1, 0.15) is 49.1 Å². The van der Waals surface area contributed by atoms with Crippen molar-refractivity contribution in [2.24, 2.45) is 0 Å². The SMILES string of the molecule is OCC[C@H]1CN(CC(c2ccccc2)c2ccccc2)CCN1C1CCCC1. The minimum absolute atomic E-state index is 0.294. The molecule has 0 unspecified atom stereocenters. The number of hydrogen-bond acceptors (Lipinski definition) is 3. The lowest BCUT2D eigenvalue weighted by molar-refractivity contribution is 0.0288. The second kappa shape index (κ2) is 9.69. The minimum atomic E-state index is 0.294. The Bertz CT molecular complexity index is 660. The predicted molar refractivity (Wildman–Crippen MR) is 116 cm³/mol. The molecular formula is C25H34N2O. The third-order valence-electron chi connectivity index (χ3n) is 6.71. The molecule has 3 heteroatoms. The summed E-state index contributed by atoms with van der Waals surface area (Å²) in [4.78, 5) is 5.36. The van der Waals surface area contributed by atoms with Crippen LogP contribution in [0.3, 0.4) is 0 Å². The predicted octanol–water partition coefficient (Wildman–Crippen LogP) is 4.13. The van der Waals surface area contributed by atoms with Crippen LogP contribution in [0.25, 0.3) is 0 Å². The van der Waals surface area contributed by atoms with Crippen molar-refractivity contribution in [2.45, 2.75) is 50.1 Å². The first-order chi connectivity index (χ1) is 13.8. The second-order valence-electron chi connectivity index (χ2n) is 8.48. The Kier molecular flexibility index (Phi) is 6.79. The summed E-state index contributed by atoms with van der Waals surface area (Å²) in [7, 11) is 0. The molecule has 1 saturated carbocycles. The van der Waals surface area contributed by atoms with Gasteiger partial charge in [0.2, 0.25) is 0 Å². The standard InChI is InChI=1S/C25H34N2O/c28-18-15-24-19-26(16-17-27(24)23-13-7-8-14-23)20-25(21-9-3-1-4-10-21)22-11-5-2-6-12-22/h1-6,9-12,23-25,28H,7-8,13-20H2/t24-/m0/s1. The number of aliphatic hydroxyl groups excluding tert-OH is 1. The van der Waals surface area contributed by atoms with Crippen molar-refractivity contribution in [1.29, 1.82) is 0 Å². The Hall–Kier alpha value is -1.68. The Morgan fingerprint density at radius 3 is 2.04 bits per heavy atom. The fourth-order valence-electron chi connectivity index (χ4n) is 5.25. The summed E-state index contributed by atoms with van der Waals surface area (Å²) in [5.41, 5.74) is 2.79. The lowest BCUT2D eigenvalue weighted by Gasteiger charge is -2.45. The van der Waals surface area contributed by atoms with E-state index in [2.05, 4.69) is 70.5 Å². The third-order valence-corrected chi connectivity index (χ3v) is 6.71. The third kappa shape index (κ3) is 4.65. The van der Waals surface area contributed by atoms with Crippen LogP contribution in [-0.2, 0) is 0 Å². The first-order valence-corrected chi connectivity index (χ1v) is 11.0. The van der Waals surface area contributed by atoms with E-state index in [-0.39, 0.29) is 0 Å². The van der Waals surface area contributed by atoms with Gasteiger partial charge in [-0.2, -0.15) is 0 Å². The van der Waals surface area contributed by atoms with Gasteiger partial charge >= 0.3 is 0 Å². The van der Waals surface area contributed by atoms with E-state index >= 15 is 0 Å². The van der Waals surface area contributed by atoms with Crippen LogP contribution in [0, 0.1) is 0 Å². The van der Waals surface area contributed by atoms with Crippen LogP contribution < -0.4 is 0 Å². The molecule has 3 nitrogen and oxygen atoms in total. The van der Waals surface area contributed by atoms with Gasteiger partial charge in [-0.25, -0.2) is 0 Å². The number of rotatable bonds is 7. The molecule has 1 aliphatic carbocycles. The maximum absolute atomic E-state index is 9.66. The summed E-state index contributed by atoms with van der Waals surface area (Å²) >= 11 is 0. The van der Waals surface area contributed by atoms with Gasteiger partial charge in [0.15, 0.2) is 0 Å². The zero-order valence-electron chi connectivity index (χ0n) is 16.9. The number of hydrogen-bond donors (Lipinski definition) is 1. The maximum atomic E-state index is 9.66. The molecule has 0 bridgehead atoms. The average molecular weight is 379 g/mol. The largest absolute Gasteiger partial charge is 0.396 e. The van der Waals surface area contributed by atoms with Crippen molar-refractivity contribution < 1.29 is 5.11 Å². The van der Waals surface area contributed by atoms with Crippen LogP contribution in [0.5, 0.6) is 0 Å². The molecule has 150 valence electrons. The van der Waals surface area contributed by atoms with Gasteiger partial charge in [0, 0.05) is 50.8 Å². The molecule has 0 spiro atoms. The van der Waals surface area contributed by atoms with Crippen LogP contribution in [-0.4, -0.2) is 59.8 Å². The van der Waals surface area contributed by atoms with Gasteiger partial charge in [0.05, 0.1) is 0 Å². The Morgan fingerprint density at radius 1 is 0.857 bits per heavy atom. The van der Waals surface area contributed by atoms with Gasteiger partial charge in [0.25, 0.3) is 0 Å². The fraction of sp³-hybridized carbons (Fsp3) is 0.520. The molecule has 28 heavy (non-hydrogen) atoms. The van der Waals surface area contributed by atoms with Crippen molar-refractivity contribution >= 4 is 0 Å². The number of benzene rings is 2. The first-order valence-electron chi connectivity index (χ1n) is 11.0. The van der Waals surface area contributed by atoms with E-state index in [4.69, 9.17) is 0 Å². The van der Waals surface area contributed by atoms with Crippen LogP contribution >= 0.6 is 0 Å². The molecule has 1 atom stereocenters. The molecular weight excluding hydrogens is 344 g/mol. The molecule has 2 aromatic rings. The van der Waals surface area contributed by atoms with Gasteiger partial charge in [-0.15, -0.1) is 0 Å². The topological polar surface area (TPSA) is 26.7 Å². The van der Waals surface area contributed by atoms with E-state index < -0.39 is 0 Å². The van der Waals surface area contributed by atoms with Gasteiger partial charge in [0.1, 0.15) is 0 Å². The summed E-state index contributed by atoms with van der Waals surface area (Å²) in [6.07, 6.45) is 6.34. The van der Waals surface area contributed by atoms with E-state index in [0.29, 0.717) is 18.6 Å². The molecule has 0 radical (unpaired) electrons. The van der Waals surface area contributed by atoms with Gasteiger partial charge in [-0.1, -0.05) is 73.5 Å². The molecule has 2 aromatic carbocycles. The number of piperazine rings is 1. The molecule has 2 fully saturated rings. The van der Waals surface area contributed by atoms with Crippen LogP contribution in [0.15, 0.2) is 60.7 Å². The van der Waals surface area contributed by atoms with Crippen molar-refractivity contribution in [3.63, 3.8) is 0 Å².